The normalized spacial score (nSPS) is 17.3. The third kappa shape index (κ3) is 3.99. The third-order valence-corrected chi connectivity index (χ3v) is 6.68. The largest absolute Gasteiger partial charge is 0.507 e. The fraction of sp³-hybridized carbons (Fsp3) is 0.240. The number of hydrogen-bond donors (Lipinski definition) is 1. The Kier molecular flexibility index (Phi) is 6.30. The average Bonchev–Trinajstić information content (AvgIpc) is 3.33. The zero-order chi connectivity index (χ0) is 24.6. The molecule has 9 heteroatoms. The number of Topliss-reactive ketones (excluding diaryl/α,β-unsaturated/α-hetero) is 1. The van der Waals surface area contributed by atoms with Crippen molar-refractivity contribution in [2.75, 3.05) is 11.5 Å². The van der Waals surface area contributed by atoms with Gasteiger partial charge in [0.2, 0.25) is 0 Å². The van der Waals surface area contributed by atoms with Crippen molar-refractivity contribution < 1.29 is 24.2 Å². The monoisotopic (exact) mass is 477 g/mol. The van der Waals surface area contributed by atoms with Gasteiger partial charge in [0, 0.05) is 18.0 Å². The summed E-state index contributed by atoms with van der Waals surface area (Å²) in [5.41, 5.74) is 2.98. The van der Waals surface area contributed by atoms with Crippen LogP contribution in [0.5, 0.6) is 0 Å². The molecule has 0 bridgehead atoms. The number of benzene rings is 1. The maximum atomic E-state index is 13.3. The summed E-state index contributed by atoms with van der Waals surface area (Å²) < 4.78 is 5.09. The Balaban J connectivity index is 1.93. The summed E-state index contributed by atoms with van der Waals surface area (Å²) in [7, 11) is 0. The van der Waals surface area contributed by atoms with Crippen LogP contribution in [-0.4, -0.2) is 39.3 Å². The standard InChI is InChI=1S/C25H23N3O5S/c1-5-33-24(32)22-15(4)27-25(34-22)28-19(16-7-6-10-26-12-16)18(21(30)23(28)31)20(29)17-11-13(2)8-9-14(17)3/h6-12,19,29H,5H2,1-4H3/b20-18+. The van der Waals surface area contributed by atoms with Gasteiger partial charge in [0.25, 0.3) is 5.78 Å². The van der Waals surface area contributed by atoms with Crippen LogP contribution in [0, 0.1) is 20.8 Å². The highest BCUT2D eigenvalue weighted by atomic mass is 32.1. The number of aliphatic hydroxyl groups is 1. The predicted molar refractivity (Wildman–Crippen MR) is 128 cm³/mol. The molecule has 1 N–H and O–H groups in total. The van der Waals surface area contributed by atoms with E-state index in [9.17, 15) is 19.5 Å². The number of rotatable bonds is 5. The van der Waals surface area contributed by atoms with Crippen LogP contribution in [0.25, 0.3) is 5.76 Å². The maximum Gasteiger partial charge on any atom is 0.350 e. The average molecular weight is 478 g/mol. The van der Waals surface area contributed by atoms with E-state index >= 15 is 0 Å². The van der Waals surface area contributed by atoms with Gasteiger partial charge in [-0.1, -0.05) is 35.1 Å². The first-order valence-electron chi connectivity index (χ1n) is 10.7. The smallest absolute Gasteiger partial charge is 0.350 e. The summed E-state index contributed by atoms with van der Waals surface area (Å²) in [5.74, 6) is -2.49. The van der Waals surface area contributed by atoms with E-state index in [-0.39, 0.29) is 27.9 Å². The zero-order valence-electron chi connectivity index (χ0n) is 19.2. The van der Waals surface area contributed by atoms with E-state index in [4.69, 9.17) is 4.74 Å². The van der Waals surface area contributed by atoms with Crippen LogP contribution in [0.4, 0.5) is 5.13 Å². The molecule has 2 aromatic heterocycles. The van der Waals surface area contributed by atoms with Crippen molar-refractivity contribution in [1.29, 1.82) is 0 Å². The number of ether oxygens (including phenoxy) is 1. The van der Waals surface area contributed by atoms with Gasteiger partial charge in [0.1, 0.15) is 10.6 Å². The van der Waals surface area contributed by atoms with E-state index in [1.807, 2.05) is 26.0 Å². The molecule has 1 amide bonds. The van der Waals surface area contributed by atoms with Gasteiger partial charge in [-0.2, -0.15) is 0 Å². The first-order chi connectivity index (χ1) is 16.2. The number of aromatic nitrogens is 2. The molecular formula is C25H23N3O5S. The Labute approximate surface area is 200 Å². The van der Waals surface area contributed by atoms with Crippen LogP contribution >= 0.6 is 11.3 Å². The highest BCUT2D eigenvalue weighted by Crippen LogP contribution is 2.44. The van der Waals surface area contributed by atoms with Gasteiger partial charge in [0.05, 0.1) is 23.9 Å². The lowest BCUT2D eigenvalue weighted by Gasteiger charge is -2.22. The molecule has 1 unspecified atom stereocenters. The number of thiazole rings is 1. The topological polar surface area (TPSA) is 110 Å². The minimum absolute atomic E-state index is 0.0581. The highest BCUT2D eigenvalue weighted by Gasteiger charge is 2.48. The Morgan fingerprint density at radius 2 is 1.97 bits per heavy atom. The first kappa shape index (κ1) is 23.3. The van der Waals surface area contributed by atoms with E-state index in [1.165, 1.54) is 11.1 Å². The summed E-state index contributed by atoms with van der Waals surface area (Å²) in [5, 5.41) is 11.5. The van der Waals surface area contributed by atoms with Gasteiger partial charge in [-0.25, -0.2) is 9.78 Å². The van der Waals surface area contributed by atoms with Crippen molar-refractivity contribution in [3.63, 3.8) is 0 Å². The summed E-state index contributed by atoms with van der Waals surface area (Å²) in [6, 6.07) is 7.96. The SMILES string of the molecule is CCOC(=O)c1sc(N2C(=O)C(=O)/C(=C(/O)c3cc(C)ccc3C)C2c2cccnc2)nc1C. The second-order valence-electron chi connectivity index (χ2n) is 7.91. The van der Waals surface area contributed by atoms with Crippen LogP contribution in [0.1, 0.15) is 50.6 Å². The predicted octanol–water partition coefficient (Wildman–Crippen LogP) is 4.27. The zero-order valence-corrected chi connectivity index (χ0v) is 20.0. The molecule has 1 fully saturated rings. The fourth-order valence-electron chi connectivity index (χ4n) is 3.89. The van der Waals surface area contributed by atoms with Gasteiger partial charge < -0.3 is 9.84 Å². The number of pyridine rings is 1. The van der Waals surface area contributed by atoms with Crippen molar-refractivity contribution in [3.8, 4) is 0 Å². The Bertz CT molecular complexity index is 1330. The summed E-state index contributed by atoms with van der Waals surface area (Å²) in [6.07, 6.45) is 3.11. The minimum atomic E-state index is -0.964. The molecule has 174 valence electrons. The Morgan fingerprint density at radius 3 is 2.65 bits per heavy atom. The quantitative estimate of drug-likeness (QED) is 0.253. The molecule has 0 spiro atoms. The van der Waals surface area contributed by atoms with E-state index in [0.29, 0.717) is 16.8 Å². The molecular weight excluding hydrogens is 454 g/mol. The maximum absolute atomic E-state index is 13.3. The number of esters is 1. The molecule has 0 radical (unpaired) electrons. The molecule has 3 heterocycles. The summed E-state index contributed by atoms with van der Waals surface area (Å²) in [6.45, 7) is 7.23. The van der Waals surface area contributed by atoms with Crippen LogP contribution in [-0.2, 0) is 14.3 Å². The van der Waals surface area contributed by atoms with Crippen LogP contribution in [0.2, 0.25) is 0 Å². The van der Waals surface area contributed by atoms with Crippen molar-refractivity contribution in [2.24, 2.45) is 0 Å². The summed E-state index contributed by atoms with van der Waals surface area (Å²) >= 11 is 0.967. The van der Waals surface area contributed by atoms with Gasteiger partial charge in [-0.3, -0.25) is 19.5 Å². The van der Waals surface area contributed by atoms with Crippen molar-refractivity contribution >= 4 is 39.9 Å². The number of ketones is 1. The van der Waals surface area contributed by atoms with E-state index in [2.05, 4.69) is 9.97 Å². The molecule has 1 saturated heterocycles. The molecule has 34 heavy (non-hydrogen) atoms. The number of aryl methyl sites for hydroxylation is 3. The second kappa shape index (κ2) is 9.18. The van der Waals surface area contributed by atoms with Gasteiger partial charge in [0.15, 0.2) is 5.13 Å². The minimum Gasteiger partial charge on any atom is -0.507 e. The number of carbonyl (C=O) groups is 3. The summed E-state index contributed by atoms with van der Waals surface area (Å²) in [4.78, 5) is 48.9. The van der Waals surface area contributed by atoms with E-state index in [1.54, 1.807) is 38.2 Å². The van der Waals surface area contributed by atoms with Gasteiger partial charge in [-0.15, -0.1) is 0 Å². The number of nitrogens with zero attached hydrogens (tertiary/aromatic N) is 3. The molecule has 4 rings (SSSR count). The Hall–Kier alpha value is -3.85. The van der Waals surface area contributed by atoms with Crippen molar-refractivity contribution in [2.45, 2.75) is 33.7 Å². The van der Waals surface area contributed by atoms with Crippen molar-refractivity contribution in [3.05, 3.63) is 81.1 Å². The van der Waals surface area contributed by atoms with E-state index in [0.717, 1.165) is 22.5 Å². The molecule has 3 aromatic rings. The molecule has 1 aliphatic rings. The first-order valence-corrected chi connectivity index (χ1v) is 11.5. The van der Waals surface area contributed by atoms with Crippen LogP contribution in [0.3, 0.4) is 0 Å². The van der Waals surface area contributed by atoms with Gasteiger partial charge >= 0.3 is 11.9 Å². The molecule has 0 aliphatic carbocycles. The van der Waals surface area contributed by atoms with E-state index < -0.39 is 23.7 Å². The number of carbonyl (C=O) groups excluding carboxylic acids is 3. The highest BCUT2D eigenvalue weighted by molar-refractivity contribution is 7.17. The number of amides is 1. The lowest BCUT2D eigenvalue weighted by Crippen LogP contribution is -2.29. The molecule has 1 aliphatic heterocycles. The Morgan fingerprint density at radius 1 is 1.21 bits per heavy atom. The number of anilines is 1. The van der Waals surface area contributed by atoms with Crippen LogP contribution in [0.15, 0.2) is 48.3 Å². The molecule has 1 atom stereocenters. The molecule has 8 nitrogen and oxygen atoms in total. The lowest BCUT2D eigenvalue weighted by atomic mass is 9.94. The van der Waals surface area contributed by atoms with Crippen molar-refractivity contribution in [1.82, 2.24) is 9.97 Å². The third-order valence-electron chi connectivity index (χ3n) is 5.54. The fourth-order valence-corrected chi connectivity index (χ4v) is 4.88. The van der Waals surface area contributed by atoms with Crippen LogP contribution < -0.4 is 4.90 Å². The number of aliphatic hydroxyl groups excluding tert-OH is 1. The molecule has 1 aromatic carbocycles. The van der Waals surface area contributed by atoms with Gasteiger partial charge in [-0.05, 0) is 51.0 Å². The molecule has 0 saturated carbocycles. The lowest BCUT2D eigenvalue weighted by molar-refractivity contribution is -0.132. The second-order valence-corrected chi connectivity index (χ2v) is 8.88. The number of hydrogen-bond acceptors (Lipinski definition) is 8.